The van der Waals surface area contributed by atoms with Gasteiger partial charge in [0.2, 0.25) is 10.0 Å². The van der Waals surface area contributed by atoms with E-state index in [1.807, 2.05) is 19.4 Å². The normalized spacial score (nSPS) is 13.4. The summed E-state index contributed by atoms with van der Waals surface area (Å²) in [7, 11) is -1.69. The van der Waals surface area contributed by atoms with Gasteiger partial charge in [-0.25, -0.2) is 18.1 Å². The molecule has 0 saturated carbocycles. The van der Waals surface area contributed by atoms with Crippen LogP contribution in [0.2, 0.25) is 0 Å². The largest absolute Gasteiger partial charge is 0.318 e. The molecule has 0 fully saturated rings. The molecule has 2 heterocycles. The van der Waals surface area contributed by atoms with E-state index in [1.54, 1.807) is 10.9 Å². The molecule has 2 aromatic rings. The average Bonchev–Trinajstić information content (AvgIpc) is 3.13. The highest BCUT2D eigenvalue weighted by atomic mass is 32.2. The Morgan fingerprint density at radius 3 is 2.95 bits per heavy atom. The zero-order chi connectivity index (χ0) is 15.3. The first-order chi connectivity index (χ1) is 10.0. The van der Waals surface area contributed by atoms with Gasteiger partial charge in [0.1, 0.15) is 4.90 Å². The molecule has 0 bridgehead atoms. The fourth-order valence-electron chi connectivity index (χ4n) is 1.72. The van der Waals surface area contributed by atoms with Crippen molar-refractivity contribution < 1.29 is 8.42 Å². The second-order valence-electron chi connectivity index (χ2n) is 4.67. The fraction of sp³-hybridized carbons (Fsp3) is 0.500. The van der Waals surface area contributed by atoms with Crippen LogP contribution in [0.4, 0.5) is 0 Å². The SMILES string of the molecule is CNCCn1cc(S(=O)(=O)NCC(C)c2nccs2)cn1. The predicted molar refractivity (Wildman–Crippen MR) is 81.9 cm³/mol. The fourth-order valence-corrected chi connectivity index (χ4v) is 3.50. The van der Waals surface area contributed by atoms with E-state index in [2.05, 4.69) is 20.1 Å². The number of rotatable bonds is 8. The first-order valence-electron chi connectivity index (χ1n) is 6.59. The molecule has 116 valence electrons. The second kappa shape index (κ2) is 7.12. The summed E-state index contributed by atoms with van der Waals surface area (Å²) >= 11 is 1.52. The van der Waals surface area contributed by atoms with E-state index in [0.717, 1.165) is 11.6 Å². The maximum absolute atomic E-state index is 12.2. The minimum absolute atomic E-state index is 0.0408. The minimum Gasteiger partial charge on any atom is -0.318 e. The van der Waals surface area contributed by atoms with Crippen molar-refractivity contribution in [3.05, 3.63) is 29.0 Å². The van der Waals surface area contributed by atoms with Crippen molar-refractivity contribution in [1.29, 1.82) is 0 Å². The number of nitrogens with one attached hydrogen (secondary N) is 2. The van der Waals surface area contributed by atoms with Crippen LogP contribution in [0.1, 0.15) is 17.8 Å². The molecule has 0 aliphatic rings. The van der Waals surface area contributed by atoms with Gasteiger partial charge in [-0.1, -0.05) is 6.92 Å². The van der Waals surface area contributed by atoms with Crippen molar-refractivity contribution in [1.82, 2.24) is 24.8 Å². The monoisotopic (exact) mass is 329 g/mol. The molecule has 0 aliphatic carbocycles. The van der Waals surface area contributed by atoms with Gasteiger partial charge in [0, 0.05) is 36.8 Å². The van der Waals surface area contributed by atoms with Gasteiger partial charge in [-0.15, -0.1) is 11.3 Å². The van der Waals surface area contributed by atoms with E-state index in [0.29, 0.717) is 13.1 Å². The molecule has 21 heavy (non-hydrogen) atoms. The van der Waals surface area contributed by atoms with Crippen molar-refractivity contribution in [3.63, 3.8) is 0 Å². The number of hydrogen-bond acceptors (Lipinski definition) is 6. The molecule has 9 heteroatoms. The predicted octanol–water partition coefficient (Wildman–Crippen LogP) is 0.641. The highest BCUT2D eigenvalue weighted by Gasteiger charge is 2.18. The third kappa shape index (κ3) is 4.34. The maximum atomic E-state index is 12.2. The van der Waals surface area contributed by atoms with Gasteiger partial charge in [0.25, 0.3) is 0 Å². The molecule has 1 unspecified atom stereocenters. The Balaban J connectivity index is 1.96. The summed E-state index contributed by atoms with van der Waals surface area (Å²) in [6.07, 6.45) is 4.62. The van der Waals surface area contributed by atoms with Crippen molar-refractivity contribution in [2.45, 2.75) is 24.3 Å². The van der Waals surface area contributed by atoms with Crippen LogP contribution < -0.4 is 10.0 Å². The molecule has 0 spiro atoms. The second-order valence-corrected chi connectivity index (χ2v) is 7.36. The summed E-state index contributed by atoms with van der Waals surface area (Å²) in [6, 6.07) is 0. The summed E-state index contributed by atoms with van der Waals surface area (Å²) < 4.78 is 28.6. The molecule has 7 nitrogen and oxygen atoms in total. The van der Waals surface area contributed by atoms with Crippen LogP contribution in [0, 0.1) is 0 Å². The third-order valence-corrected chi connectivity index (χ3v) is 5.35. The third-order valence-electron chi connectivity index (χ3n) is 2.96. The summed E-state index contributed by atoms with van der Waals surface area (Å²) in [5.74, 6) is 0.0408. The Morgan fingerprint density at radius 2 is 2.29 bits per heavy atom. The van der Waals surface area contributed by atoms with E-state index >= 15 is 0 Å². The zero-order valence-corrected chi connectivity index (χ0v) is 13.6. The Labute approximate surface area is 128 Å². The van der Waals surface area contributed by atoms with Gasteiger partial charge in [-0.3, -0.25) is 4.68 Å². The number of sulfonamides is 1. The Hall–Kier alpha value is -1.29. The van der Waals surface area contributed by atoms with Crippen molar-refractivity contribution in [3.8, 4) is 0 Å². The minimum atomic E-state index is -3.53. The summed E-state index contributed by atoms with van der Waals surface area (Å²) in [5.41, 5.74) is 0. The van der Waals surface area contributed by atoms with E-state index in [4.69, 9.17) is 0 Å². The highest BCUT2D eigenvalue weighted by molar-refractivity contribution is 7.89. The maximum Gasteiger partial charge on any atom is 0.243 e. The van der Waals surface area contributed by atoms with Crippen molar-refractivity contribution in [2.24, 2.45) is 0 Å². The van der Waals surface area contributed by atoms with Crippen LogP contribution in [0.5, 0.6) is 0 Å². The Bertz CT molecular complexity index is 651. The molecule has 2 rings (SSSR count). The first-order valence-corrected chi connectivity index (χ1v) is 8.95. The Kier molecular flexibility index (Phi) is 5.45. The van der Waals surface area contributed by atoms with Crippen LogP contribution >= 0.6 is 11.3 Å². The number of aromatic nitrogens is 3. The molecule has 0 aromatic carbocycles. The topological polar surface area (TPSA) is 88.9 Å². The van der Waals surface area contributed by atoms with Crippen LogP contribution in [0.15, 0.2) is 28.9 Å². The lowest BCUT2D eigenvalue weighted by atomic mass is 10.2. The summed E-state index contributed by atoms with van der Waals surface area (Å²) in [5, 5.41) is 9.83. The average molecular weight is 329 g/mol. The molecule has 0 aliphatic heterocycles. The lowest BCUT2D eigenvalue weighted by Gasteiger charge is -2.09. The number of hydrogen-bond donors (Lipinski definition) is 2. The highest BCUT2D eigenvalue weighted by Crippen LogP contribution is 2.17. The van der Waals surface area contributed by atoms with Gasteiger partial charge < -0.3 is 5.32 Å². The van der Waals surface area contributed by atoms with E-state index in [9.17, 15) is 8.42 Å². The quantitative estimate of drug-likeness (QED) is 0.742. The van der Waals surface area contributed by atoms with Crippen LogP contribution in [0.3, 0.4) is 0 Å². The van der Waals surface area contributed by atoms with Gasteiger partial charge in [-0.2, -0.15) is 5.10 Å². The van der Waals surface area contributed by atoms with Crippen LogP contribution in [-0.2, 0) is 16.6 Å². The molecular weight excluding hydrogens is 310 g/mol. The van der Waals surface area contributed by atoms with Gasteiger partial charge in [0.15, 0.2) is 0 Å². The molecular formula is C12H19N5O2S2. The summed E-state index contributed by atoms with van der Waals surface area (Å²) in [4.78, 5) is 4.37. The number of nitrogens with zero attached hydrogens (tertiary/aromatic N) is 3. The molecule has 0 amide bonds. The van der Waals surface area contributed by atoms with E-state index in [-0.39, 0.29) is 10.8 Å². The molecule has 2 N–H and O–H groups in total. The van der Waals surface area contributed by atoms with Crippen molar-refractivity contribution >= 4 is 21.4 Å². The Morgan fingerprint density at radius 1 is 1.48 bits per heavy atom. The van der Waals surface area contributed by atoms with Gasteiger partial charge >= 0.3 is 0 Å². The lowest BCUT2D eigenvalue weighted by molar-refractivity contribution is 0.571. The van der Waals surface area contributed by atoms with Crippen LogP contribution in [-0.4, -0.2) is 43.3 Å². The van der Waals surface area contributed by atoms with Gasteiger partial charge in [-0.05, 0) is 7.05 Å². The smallest absolute Gasteiger partial charge is 0.243 e. The van der Waals surface area contributed by atoms with Crippen molar-refractivity contribution in [2.75, 3.05) is 20.1 Å². The van der Waals surface area contributed by atoms with E-state index in [1.165, 1.54) is 23.7 Å². The number of likely N-dealkylation sites (N-methyl/N-ethyl adjacent to an activating group) is 1. The van der Waals surface area contributed by atoms with Crippen LogP contribution in [0.25, 0.3) is 0 Å². The van der Waals surface area contributed by atoms with E-state index < -0.39 is 10.0 Å². The molecule has 2 aromatic heterocycles. The molecule has 0 saturated heterocycles. The van der Waals surface area contributed by atoms with Gasteiger partial charge in [0.05, 0.1) is 17.7 Å². The standard InChI is InChI=1S/C12H19N5O2S2/c1-10(12-14-4-6-20-12)7-16-21(18,19)11-8-15-17(9-11)5-3-13-2/h4,6,8-10,13,16H,3,5,7H2,1-2H3. The first kappa shape index (κ1) is 16.1. The zero-order valence-electron chi connectivity index (χ0n) is 12.0. The lowest BCUT2D eigenvalue weighted by Crippen LogP contribution is -2.27. The summed E-state index contributed by atoms with van der Waals surface area (Å²) in [6.45, 7) is 3.62. The molecule has 1 atom stereocenters. The molecule has 0 radical (unpaired) electrons. The number of thiazole rings is 1.